The maximum absolute atomic E-state index is 13.4. The van der Waals surface area contributed by atoms with Gasteiger partial charge in [-0.2, -0.15) is 13.2 Å². The van der Waals surface area contributed by atoms with Crippen molar-refractivity contribution in [1.82, 2.24) is 0 Å². The molecule has 118 valence electrons. The van der Waals surface area contributed by atoms with Gasteiger partial charge in [0.1, 0.15) is 11.9 Å². The van der Waals surface area contributed by atoms with E-state index in [2.05, 4.69) is 0 Å². The van der Waals surface area contributed by atoms with Crippen LogP contribution in [-0.4, -0.2) is 27.2 Å². The van der Waals surface area contributed by atoms with Crippen molar-refractivity contribution in [1.29, 1.82) is 0 Å². The Morgan fingerprint density at radius 1 is 1.33 bits per heavy atom. The van der Waals surface area contributed by atoms with E-state index < -0.39 is 35.3 Å². The van der Waals surface area contributed by atoms with Crippen LogP contribution in [0.2, 0.25) is 0 Å². The molecule has 0 saturated heterocycles. The summed E-state index contributed by atoms with van der Waals surface area (Å²) < 4.78 is 51.8. The predicted octanol–water partition coefficient (Wildman–Crippen LogP) is 2.91. The van der Waals surface area contributed by atoms with Gasteiger partial charge < -0.3 is 10.2 Å². The zero-order valence-electron chi connectivity index (χ0n) is 11.0. The van der Waals surface area contributed by atoms with Gasteiger partial charge in [-0.15, -0.1) is 0 Å². The van der Waals surface area contributed by atoms with Crippen LogP contribution in [0.5, 0.6) is 0 Å². The molecule has 0 aromatic heterocycles. The summed E-state index contributed by atoms with van der Waals surface area (Å²) >= 11 is 0.879. The van der Waals surface area contributed by atoms with Crippen molar-refractivity contribution >= 4 is 16.9 Å². The number of aliphatic hydroxyl groups excluding tert-OH is 2. The van der Waals surface area contributed by atoms with Crippen molar-refractivity contribution < 1.29 is 32.6 Å². The van der Waals surface area contributed by atoms with Gasteiger partial charge in [-0.1, -0.05) is 23.9 Å². The first kappa shape index (κ1) is 17.9. The number of hydrogen-bond donors (Lipinski definition) is 2. The van der Waals surface area contributed by atoms with Crippen LogP contribution in [0, 0.1) is 5.82 Å². The highest BCUT2D eigenvalue weighted by Crippen LogP contribution is 2.37. The molecule has 21 heavy (non-hydrogen) atoms. The number of carbonyl (C=O) groups excluding carboxylic acids is 1. The highest BCUT2D eigenvalue weighted by Gasteiger charge is 2.39. The molecule has 2 atom stereocenters. The average Bonchev–Trinajstić information content (AvgIpc) is 2.35. The third kappa shape index (κ3) is 4.98. The Hall–Kier alpha value is -1.12. The Bertz CT molecular complexity index is 505. The van der Waals surface area contributed by atoms with Gasteiger partial charge in [0, 0.05) is 12.7 Å². The fourth-order valence-corrected chi connectivity index (χ4v) is 2.42. The number of alkyl halides is 3. The summed E-state index contributed by atoms with van der Waals surface area (Å²) in [7, 11) is 0. The minimum absolute atomic E-state index is 0.0980. The monoisotopic (exact) mass is 326 g/mol. The third-order valence-corrected chi connectivity index (χ3v) is 3.58. The van der Waals surface area contributed by atoms with Gasteiger partial charge in [-0.3, -0.25) is 4.79 Å². The van der Waals surface area contributed by atoms with Crippen molar-refractivity contribution in [3.05, 3.63) is 35.1 Å². The molecule has 1 aromatic rings. The smallest absolute Gasteiger partial charge is 0.390 e. The molecule has 0 bridgehead atoms. The summed E-state index contributed by atoms with van der Waals surface area (Å²) in [5, 5.41) is 19.3. The molecule has 8 heteroatoms. The number of carbonyl (C=O) groups is 1. The molecule has 2 unspecified atom stereocenters. The van der Waals surface area contributed by atoms with Crippen molar-refractivity contribution in [2.45, 2.75) is 31.7 Å². The van der Waals surface area contributed by atoms with Gasteiger partial charge in [-0.25, -0.2) is 4.39 Å². The maximum Gasteiger partial charge on any atom is 0.419 e. The quantitative estimate of drug-likeness (QED) is 0.817. The van der Waals surface area contributed by atoms with E-state index in [1.165, 1.54) is 6.92 Å². The number of hydrogen-bond acceptors (Lipinski definition) is 4. The SMILES string of the molecule is CC(=O)SCCC(O)C(O)c1cccc(F)c1C(F)(F)F. The second-order valence-electron chi connectivity index (χ2n) is 4.34. The topological polar surface area (TPSA) is 57.5 Å². The van der Waals surface area contributed by atoms with Gasteiger partial charge in [0.2, 0.25) is 0 Å². The Labute approximate surface area is 123 Å². The molecular weight excluding hydrogens is 312 g/mol. The molecule has 0 spiro atoms. The first-order valence-electron chi connectivity index (χ1n) is 5.99. The predicted molar refractivity (Wildman–Crippen MR) is 70.1 cm³/mol. The Balaban J connectivity index is 2.94. The van der Waals surface area contributed by atoms with Crippen LogP contribution in [-0.2, 0) is 11.0 Å². The molecular formula is C13H14F4O3S. The molecule has 0 amide bonds. The van der Waals surface area contributed by atoms with E-state index in [4.69, 9.17) is 0 Å². The fraction of sp³-hybridized carbons (Fsp3) is 0.462. The van der Waals surface area contributed by atoms with Crippen molar-refractivity contribution in [2.24, 2.45) is 0 Å². The number of thioether (sulfide) groups is 1. The lowest BCUT2D eigenvalue weighted by Gasteiger charge is -2.22. The first-order valence-corrected chi connectivity index (χ1v) is 6.98. The normalized spacial score (nSPS) is 14.8. The zero-order valence-corrected chi connectivity index (χ0v) is 11.8. The zero-order chi connectivity index (χ0) is 16.2. The second-order valence-corrected chi connectivity index (χ2v) is 5.61. The van der Waals surface area contributed by atoms with Crippen LogP contribution in [0.25, 0.3) is 0 Å². The summed E-state index contributed by atoms with van der Waals surface area (Å²) in [6.07, 6.45) is -8.49. The summed E-state index contributed by atoms with van der Waals surface area (Å²) in [6.45, 7) is 1.31. The van der Waals surface area contributed by atoms with Crippen LogP contribution in [0.1, 0.15) is 30.6 Å². The average molecular weight is 326 g/mol. The maximum atomic E-state index is 13.4. The molecule has 0 saturated carbocycles. The van der Waals surface area contributed by atoms with Crippen LogP contribution in [0.3, 0.4) is 0 Å². The molecule has 1 rings (SSSR count). The summed E-state index contributed by atoms with van der Waals surface area (Å²) in [5.74, 6) is -1.37. The Morgan fingerprint density at radius 2 is 1.95 bits per heavy atom. The van der Waals surface area contributed by atoms with E-state index in [0.29, 0.717) is 6.07 Å². The van der Waals surface area contributed by atoms with E-state index in [1.807, 2.05) is 0 Å². The number of halogens is 4. The van der Waals surface area contributed by atoms with Crippen molar-refractivity contribution in [2.75, 3.05) is 5.75 Å². The minimum Gasteiger partial charge on any atom is -0.390 e. The first-order chi connectivity index (χ1) is 9.64. The van der Waals surface area contributed by atoms with Gasteiger partial charge >= 0.3 is 6.18 Å². The molecule has 0 heterocycles. The van der Waals surface area contributed by atoms with Gasteiger partial charge in [0.15, 0.2) is 5.12 Å². The Morgan fingerprint density at radius 3 is 2.48 bits per heavy atom. The van der Waals surface area contributed by atoms with Crippen LogP contribution in [0.15, 0.2) is 18.2 Å². The second kappa shape index (κ2) is 7.24. The number of benzene rings is 1. The lowest BCUT2D eigenvalue weighted by Crippen LogP contribution is -2.23. The number of rotatable bonds is 5. The lowest BCUT2D eigenvalue weighted by atomic mass is 9.96. The highest BCUT2D eigenvalue weighted by molar-refractivity contribution is 8.13. The van der Waals surface area contributed by atoms with Gasteiger partial charge in [0.25, 0.3) is 0 Å². The van der Waals surface area contributed by atoms with Crippen LogP contribution < -0.4 is 0 Å². The molecule has 0 radical (unpaired) electrons. The van der Waals surface area contributed by atoms with E-state index in [0.717, 1.165) is 23.9 Å². The van der Waals surface area contributed by atoms with Gasteiger partial charge in [0.05, 0.1) is 11.7 Å². The third-order valence-electron chi connectivity index (χ3n) is 2.73. The lowest BCUT2D eigenvalue weighted by molar-refractivity contribution is -0.142. The molecule has 1 aromatic carbocycles. The standard InChI is InChI=1S/C13H14F4O3S/c1-7(18)21-6-5-10(19)12(20)8-3-2-4-9(14)11(8)13(15,16)17/h2-4,10,12,19-20H,5-6H2,1H3. The molecule has 0 aliphatic heterocycles. The van der Waals surface area contributed by atoms with E-state index in [9.17, 15) is 32.6 Å². The van der Waals surface area contributed by atoms with Crippen molar-refractivity contribution in [3.8, 4) is 0 Å². The van der Waals surface area contributed by atoms with Gasteiger partial charge in [-0.05, 0) is 18.1 Å². The highest BCUT2D eigenvalue weighted by atomic mass is 32.2. The minimum atomic E-state index is -4.98. The van der Waals surface area contributed by atoms with Crippen LogP contribution >= 0.6 is 11.8 Å². The summed E-state index contributed by atoms with van der Waals surface area (Å²) in [5.41, 5.74) is -2.31. The summed E-state index contributed by atoms with van der Waals surface area (Å²) in [4.78, 5) is 10.7. The van der Waals surface area contributed by atoms with E-state index in [1.54, 1.807) is 0 Å². The van der Waals surface area contributed by atoms with Crippen molar-refractivity contribution in [3.63, 3.8) is 0 Å². The molecule has 2 N–H and O–H groups in total. The van der Waals surface area contributed by atoms with Crippen LogP contribution in [0.4, 0.5) is 17.6 Å². The molecule has 0 aliphatic carbocycles. The molecule has 0 aliphatic rings. The molecule has 3 nitrogen and oxygen atoms in total. The number of aliphatic hydroxyl groups is 2. The Kier molecular flexibility index (Phi) is 6.18. The van der Waals surface area contributed by atoms with E-state index >= 15 is 0 Å². The van der Waals surface area contributed by atoms with E-state index in [-0.39, 0.29) is 17.3 Å². The fourth-order valence-electron chi connectivity index (χ4n) is 1.77. The molecule has 0 fully saturated rings. The summed E-state index contributed by atoms with van der Waals surface area (Å²) in [6, 6.07) is 2.58. The largest absolute Gasteiger partial charge is 0.419 e.